The molecule has 2 aromatic carbocycles. The van der Waals surface area contributed by atoms with Crippen molar-refractivity contribution in [3.05, 3.63) is 54.1 Å². The number of benzene rings is 2. The minimum absolute atomic E-state index is 0.0493. The average Bonchev–Trinajstić information content (AvgIpc) is 3.21. The van der Waals surface area contributed by atoms with Crippen molar-refractivity contribution in [2.24, 2.45) is 0 Å². The van der Waals surface area contributed by atoms with Gasteiger partial charge in [0.1, 0.15) is 5.75 Å². The number of anilines is 1. The second-order valence-corrected chi connectivity index (χ2v) is 6.92. The third-order valence-electron chi connectivity index (χ3n) is 3.63. The van der Waals surface area contributed by atoms with Crippen molar-refractivity contribution in [1.82, 2.24) is 4.72 Å². The van der Waals surface area contributed by atoms with Gasteiger partial charge >= 0.3 is 0 Å². The summed E-state index contributed by atoms with van der Waals surface area (Å²) in [6, 6.07) is 13.6. The second-order valence-electron chi connectivity index (χ2n) is 5.20. The number of rotatable bonds is 4. The van der Waals surface area contributed by atoms with E-state index in [2.05, 4.69) is 4.72 Å². The average molecular weight is 304 g/mol. The summed E-state index contributed by atoms with van der Waals surface area (Å²) in [6.45, 7) is 0. The number of nitrogens with two attached hydrogens (primary N) is 1. The Hall–Kier alpha value is -2.05. The molecule has 2 unspecified atom stereocenters. The molecule has 0 saturated heterocycles. The van der Waals surface area contributed by atoms with Crippen LogP contribution in [0.25, 0.3) is 0 Å². The number of nitrogen functional groups attached to an aromatic ring is 1. The van der Waals surface area contributed by atoms with Gasteiger partial charge in [-0.25, -0.2) is 13.1 Å². The Balaban J connectivity index is 1.75. The van der Waals surface area contributed by atoms with Crippen LogP contribution in [0.3, 0.4) is 0 Å². The van der Waals surface area contributed by atoms with Crippen LogP contribution in [-0.4, -0.2) is 19.6 Å². The fraction of sp³-hybridized carbons (Fsp3) is 0.200. The Kier molecular flexibility index (Phi) is 3.35. The summed E-state index contributed by atoms with van der Waals surface area (Å²) in [4.78, 5) is 0.0662. The van der Waals surface area contributed by atoms with E-state index in [0.717, 1.165) is 12.0 Å². The predicted molar refractivity (Wildman–Crippen MR) is 80.4 cm³/mol. The summed E-state index contributed by atoms with van der Waals surface area (Å²) in [6.07, 6.45) is 0.789. The molecule has 0 bridgehead atoms. The lowest BCUT2D eigenvalue weighted by atomic mass is 10.1. The van der Waals surface area contributed by atoms with E-state index in [0.29, 0.717) is 0 Å². The van der Waals surface area contributed by atoms with Crippen molar-refractivity contribution in [2.45, 2.75) is 23.3 Å². The highest BCUT2D eigenvalue weighted by Gasteiger charge is 2.41. The molecule has 110 valence electrons. The molecule has 0 radical (unpaired) electrons. The van der Waals surface area contributed by atoms with Crippen molar-refractivity contribution in [3.63, 3.8) is 0 Å². The Morgan fingerprint density at radius 2 is 1.86 bits per heavy atom. The Morgan fingerprint density at radius 1 is 1.14 bits per heavy atom. The van der Waals surface area contributed by atoms with Crippen LogP contribution in [0.5, 0.6) is 5.75 Å². The molecule has 6 heteroatoms. The van der Waals surface area contributed by atoms with E-state index in [1.165, 1.54) is 18.2 Å². The minimum Gasteiger partial charge on any atom is -0.506 e. The van der Waals surface area contributed by atoms with Gasteiger partial charge in [0.05, 0.1) is 10.6 Å². The van der Waals surface area contributed by atoms with Crippen LogP contribution in [0.4, 0.5) is 5.69 Å². The van der Waals surface area contributed by atoms with Gasteiger partial charge < -0.3 is 10.8 Å². The van der Waals surface area contributed by atoms with E-state index in [-0.39, 0.29) is 28.3 Å². The Bertz CT molecular complexity index is 760. The Labute approximate surface area is 123 Å². The number of nitrogens with one attached hydrogen (secondary N) is 1. The van der Waals surface area contributed by atoms with Crippen molar-refractivity contribution >= 4 is 15.7 Å². The highest BCUT2D eigenvalue weighted by Crippen LogP contribution is 2.41. The summed E-state index contributed by atoms with van der Waals surface area (Å²) in [5, 5.41) is 9.35. The zero-order valence-electron chi connectivity index (χ0n) is 11.2. The van der Waals surface area contributed by atoms with Gasteiger partial charge in [-0.2, -0.15) is 0 Å². The van der Waals surface area contributed by atoms with E-state index in [1.807, 2.05) is 30.3 Å². The summed E-state index contributed by atoms with van der Waals surface area (Å²) in [5.74, 6) is 0.0953. The van der Waals surface area contributed by atoms with Gasteiger partial charge in [0, 0.05) is 12.0 Å². The first-order chi connectivity index (χ1) is 9.97. The maximum absolute atomic E-state index is 12.3. The number of phenolic OH excluding ortho intramolecular Hbond substituents is 1. The summed E-state index contributed by atoms with van der Waals surface area (Å²) < 4.78 is 27.2. The van der Waals surface area contributed by atoms with Gasteiger partial charge in [-0.15, -0.1) is 0 Å². The van der Waals surface area contributed by atoms with Crippen LogP contribution in [0.1, 0.15) is 17.9 Å². The fourth-order valence-electron chi connectivity index (χ4n) is 2.36. The monoisotopic (exact) mass is 304 g/mol. The van der Waals surface area contributed by atoms with Crippen LogP contribution in [0.2, 0.25) is 0 Å². The number of phenols is 1. The van der Waals surface area contributed by atoms with E-state index in [1.54, 1.807) is 0 Å². The molecule has 3 rings (SSSR count). The molecule has 1 fully saturated rings. The molecule has 1 aliphatic rings. The number of hydrogen-bond donors (Lipinski definition) is 3. The molecule has 0 amide bonds. The number of sulfonamides is 1. The van der Waals surface area contributed by atoms with Gasteiger partial charge in [-0.1, -0.05) is 30.3 Å². The van der Waals surface area contributed by atoms with Crippen molar-refractivity contribution < 1.29 is 13.5 Å². The minimum atomic E-state index is -3.62. The normalized spacial score (nSPS) is 21.1. The first-order valence-corrected chi connectivity index (χ1v) is 8.11. The van der Waals surface area contributed by atoms with Gasteiger partial charge in [-0.05, 0) is 30.2 Å². The standard InChI is InChI=1S/C15H16N2O3S/c16-13-8-11(6-7-15(13)18)21(19,20)17-14-9-12(14)10-4-2-1-3-5-10/h1-8,12,14,17-18H,9,16H2. The largest absolute Gasteiger partial charge is 0.506 e. The summed E-state index contributed by atoms with van der Waals surface area (Å²) in [7, 11) is -3.62. The third kappa shape index (κ3) is 2.86. The van der Waals surface area contributed by atoms with Crippen LogP contribution < -0.4 is 10.5 Å². The molecule has 1 aliphatic carbocycles. The summed E-state index contributed by atoms with van der Waals surface area (Å²) in [5.41, 5.74) is 6.72. The molecule has 2 aromatic rings. The highest BCUT2D eigenvalue weighted by atomic mass is 32.2. The maximum atomic E-state index is 12.3. The molecule has 1 saturated carbocycles. The lowest BCUT2D eigenvalue weighted by Crippen LogP contribution is -2.26. The van der Waals surface area contributed by atoms with E-state index < -0.39 is 10.0 Å². The molecule has 0 aromatic heterocycles. The zero-order chi connectivity index (χ0) is 15.0. The molecular formula is C15H16N2O3S. The SMILES string of the molecule is Nc1cc(S(=O)(=O)NC2CC2c2ccccc2)ccc1O. The quantitative estimate of drug-likeness (QED) is 0.593. The lowest BCUT2D eigenvalue weighted by Gasteiger charge is -2.08. The maximum Gasteiger partial charge on any atom is 0.240 e. The molecular weight excluding hydrogens is 288 g/mol. The molecule has 21 heavy (non-hydrogen) atoms. The molecule has 5 nitrogen and oxygen atoms in total. The van der Waals surface area contributed by atoms with Crippen molar-refractivity contribution in [1.29, 1.82) is 0 Å². The smallest absolute Gasteiger partial charge is 0.240 e. The molecule has 2 atom stereocenters. The summed E-state index contributed by atoms with van der Waals surface area (Å²) >= 11 is 0. The van der Waals surface area contributed by atoms with E-state index >= 15 is 0 Å². The zero-order valence-corrected chi connectivity index (χ0v) is 12.0. The van der Waals surface area contributed by atoms with Gasteiger partial charge in [0.15, 0.2) is 0 Å². The third-order valence-corrected chi connectivity index (χ3v) is 5.12. The van der Waals surface area contributed by atoms with Crippen molar-refractivity contribution in [2.75, 3.05) is 5.73 Å². The first-order valence-electron chi connectivity index (χ1n) is 6.63. The predicted octanol–water partition coefficient (Wildman–Crippen LogP) is 1.81. The molecule has 0 aliphatic heterocycles. The number of aromatic hydroxyl groups is 1. The lowest BCUT2D eigenvalue weighted by molar-refractivity contribution is 0.477. The second kappa shape index (κ2) is 5.05. The van der Waals surface area contributed by atoms with Gasteiger partial charge in [0.25, 0.3) is 0 Å². The number of hydrogen-bond acceptors (Lipinski definition) is 4. The van der Waals surface area contributed by atoms with Crippen LogP contribution in [0.15, 0.2) is 53.4 Å². The Morgan fingerprint density at radius 3 is 2.52 bits per heavy atom. The highest BCUT2D eigenvalue weighted by molar-refractivity contribution is 7.89. The molecule has 4 N–H and O–H groups in total. The first kappa shape index (κ1) is 13.9. The van der Waals surface area contributed by atoms with Gasteiger partial charge in [0.2, 0.25) is 10.0 Å². The topological polar surface area (TPSA) is 92.4 Å². The fourth-order valence-corrected chi connectivity index (χ4v) is 3.69. The molecule has 0 spiro atoms. The van der Waals surface area contributed by atoms with Crippen molar-refractivity contribution in [3.8, 4) is 5.75 Å². The van der Waals surface area contributed by atoms with Gasteiger partial charge in [-0.3, -0.25) is 0 Å². The van der Waals surface area contributed by atoms with E-state index in [9.17, 15) is 13.5 Å². The molecule has 0 heterocycles. The van der Waals surface area contributed by atoms with E-state index in [4.69, 9.17) is 5.73 Å². The van der Waals surface area contributed by atoms with Crippen LogP contribution >= 0.6 is 0 Å². The van der Waals surface area contributed by atoms with Crippen LogP contribution in [0, 0.1) is 0 Å². The van der Waals surface area contributed by atoms with Crippen LogP contribution in [-0.2, 0) is 10.0 Å².